The summed E-state index contributed by atoms with van der Waals surface area (Å²) >= 11 is 27.2. The molecule has 0 aromatic heterocycles. The number of carbonyl (C=O) groups is 2. The third-order valence-electron chi connectivity index (χ3n) is 7.33. The smallest absolute Gasteiger partial charge is 0.157 e. The van der Waals surface area contributed by atoms with Gasteiger partial charge in [0.15, 0.2) is 11.6 Å². The Morgan fingerprint density at radius 3 is 1.50 bits per heavy atom. The van der Waals surface area contributed by atoms with Gasteiger partial charge < -0.3 is 5.32 Å². The van der Waals surface area contributed by atoms with Crippen molar-refractivity contribution >= 4 is 73.9 Å². The lowest BCUT2D eigenvalue weighted by molar-refractivity contribution is -0.127. The number of hydrogen-bond acceptors (Lipinski definition) is 3. The van der Waals surface area contributed by atoms with Gasteiger partial charge in [0, 0.05) is 5.54 Å². The van der Waals surface area contributed by atoms with Crippen LogP contribution in [0.25, 0.3) is 0 Å². The number of rotatable bonds is 7. The number of halogens is 5. The summed E-state index contributed by atoms with van der Waals surface area (Å²) < 4.78 is 0. The van der Waals surface area contributed by atoms with Crippen molar-refractivity contribution in [2.45, 2.75) is 75.7 Å². The van der Waals surface area contributed by atoms with Gasteiger partial charge in [-0.3, -0.25) is 9.59 Å². The third kappa shape index (κ3) is 6.50. The highest BCUT2D eigenvalue weighted by Gasteiger charge is 2.45. The van der Waals surface area contributed by atoms with E-state index in [0.29, 0.717) is 32.0 Å². The average Bonchev–Trinajstić information content (AvgIpc) is 2.75. The van der Waals surface area contributed by atoms with E-state index in [2.05, 4.69) is 42.0 Å². The molecule has 0 unspecified atom stereocenters. The summed E-state index contributed by atoms with van der Waals surface area (Å²) in [5, 5.41) is 5.79. The molecular weight excluding hydrogens is 604 g/mol. The van der Waals surface area contributed by atoms with Crippen LogP contribution < -0.4 is 5.32 Å². The molecule has 3 nitrogen and oxygen atoms in total. The maximum absolute atomic E-state index is 12.7. The van der Waals surface area contributed by atoms with Gasteiger partial charge in [-0.25, -0.2) is 0 Å². The van der Waals surface area contributed by atoms with Gasteiger partial charge in [0.1, 0.15) is 0 Å². The Bertz CT molecular complexity index is 1120. The van der Waals surface area contributed by atoms with Gasteiger partial charge in [0.25, 0.3) is 0 Å². The molecular formula is C28H32BrCl4NO2. The molecule has 36 heavy (non-hydrogen) atoms. The molecule has 0 saturated heterocycles. The zero-order valence-corrected chi connectivity index (χ0v) is 25.4. The van der Waals surface area contributed by atoms with Crippen LogP contribution >= 0.6 is 62.3 Å². The van der Waals surface area contributed by atoms with Gasteiger partial charge >= 0.3 is 0 Å². The van der Waals surface area contributed by atoms with Gasteiger partial charge in [-0.2, -0.15) is 0 Å². The van der Waals surface area contributed by atoms with Crippen molar-refractivity contribution in [3.63, 3.8) is 0 Å². The molecule has 2 aromatic carbocycles. The second kappa shape index (κ2) is 12.1. The van der Waals surface area contributed by atoms with E-state index in [4.69, 9.17) is 46.4 Å². The molecule has 2 fully saturated rings. The van der Waals surface area contributed by atoms with Crippen molar-refractivity contribution < 1.29 is 9.59 Å². The Hall–Kier alpha value is -0.620. The fraction of sp³-hybridized carbons (Fsp3) is 0.500. The largest absolute Gasteiger partial charge is 0.305 e. The molecule has 0 bridgehead atoms. The first-order valence-corrected chi connectivity index (χ1v) is 14.8. The van der Waals surface area contributed by atoms with E-state index >= 15 is 0 Å². The standard InChI is InChI=1S/C16H21Cl2NO.C12H11BrCl2O/c1-15(2,3)19-10-14(20)16(7-4-8-16)11-5-6-12(17)13(18)9-11;13-7-11(16)12(4-1-5-12)8-2-3-9(14)10(15)6-8/h5-6,9,19H,4,7-8,10H2,1-3H3;2-3,6H,1,4-5,7H2. The Morgan fingerprint density at radius 2 is 1.19 bits per heavy atom. The molecule has 0 radical (unpaired) electrons. The molecule has 0 aliphatic heterocycles. The molecule has 0 heterocycles. The van der Waals surface area contributed by atoms with Gasteiger partial charge in [-0.1, -0.05) is 87.3 Å². The van der Waals surface area contributed by atoms with Gasteiger partial charge in [0.05, 0.1) is 42.8 Å². The fourth-order valence-electron chi connectivity index (χ4n) is 4.75. The van der Waals surface area contributed by atoms with Crippen LogP contribution in [0.1, 0.15) is 70.4 Å². The van der Waals surface area contributed by atoms with Crippen LogP contribution in [0.2, 0.25) is 20.1 Å². The molecule has 1 N–H and O–H groups in total. The Balaban J connectivity index is 0.000000205. The molecule has 2 saturated carbocycles. The van der Waals surface area contributed by atoms with Crippen LogP contribution in [-0.2, 0) is 20.4 Å². The summed E-state index contributed by atoms with van der Waals surface area (Å²) in [6, 6.07) is 11.1. The first kappa shape index (κ1) is 29.9. The number of Topliss-reactive ketones (excluding diaryl/α,β-unsaturated/α-hetero) is 2. The minimum Gasteiger partial charge on any atom is -0.305 e. The minimum absolute atomic E-state index is 0.0573. The SMILES string of the molecule is CC(C)(C)NCC(=O)C1(c2ccc(Cl)c(Cl)c2)CCC1.O=C(CBr)C1(c2ccc(Cl)c(Cl)c2)CCC1. The van der Waals surface area contributed by atoms with Crippen molar-refractivity contribution in [3.05, 3.63) is 67.6 Å². The summed E-state index contributed by atoms with van der Waals surface area (Å²) in [5.41, 5.74) is 1.25. The van der Waals surface area contributed by atoms with Crippen LogP contribution in [0.15, 0.2) is 36.4 Å². The molecule has 0 amide bonds. The summed E-state index contributed by atoms with van der Waals surface area (Å²) in [6.45, 7) is 6.58. The summed E-state index contributed by atoms with van der Waals surface area (Å²) in [5.74, 6) is 0.481. The molecule has 0 atom stereocenters. The van der Waals surface area contributed by atoms with Gasteiger partial charge in [-0.15, -0.1) is 0 Å². The predicted octanol–water partition coefficient (Wildman–Crippen LogP) is 8.75. The fourth-order valence-corrected chi connectivity index (χ4v) is 5.88. The van der Waals surface area contributed by atoms with Crippen molar-refractivity contribution in [1.29, 1.82) is 0 Å². The zero-order chi connectivity index (χ0) is 26.7. The molecule has 2 aliphatic carbocycles. The second-order valence-corrected chi connectivity index (χ2v) is 12.9. The number of ketones is 2. The molecule has 0 spiro atoms. The molecule has 8 heteroatoms. The second-order valence-electron chi connectivity index (χ2n) is 10.7. The monoisotopic (exact) mass is 633 g/mol. The number of nitrogens with one attached hydrogen (secondary N) is 1. The number of carbonyl (C=O) groups excluding carboxylic acids is 2. The van der Waals surface area contributed by atoms with Gasteiger partial charge in [0.2, 0.25) is 0 Å². The highest BCUT2D eigenvalue weighted by molar-refractivity contribution is 9.09. The minimum atomic E-state index is -0.369. The van der Waals surface area contributed by atoms with E-state index in [1.54, 1.807) is 12.1 Å². The topological polar surface area (TPSA) is 46.2 Å². The zero-order valence-electron chi connectivity index (χ0n) is 20.8. The summed E-state index contributed by atoms with van der Waals surface area (Å²) in [7, 11) is 0. The molecule has 2 aromatic rings. The van der Waals surface area contributed by atoms with Crippen LogP contribution in [0.3, 0.4) is 0 Å². The Morgan fingerprint density at radius 1 is 0.778 bits per heavy atom. The summed E-state index contributed by atoms with van der Waals surface area (Å²) in [4.78, 5) is 24.6. The Labute approximate surface area is 242 Å². The lowest BCUT2D eigenvalue weighted by Crippen LogP contribution is -2.49. The van der Waals surface area contributed by atoms with Crippen LogP contribution in [0.5, 0.6) is 0 Å². The first-order valence-electron chi connectivity index (χ1n) is 12.1. The van der Waals surface area contributed by atoms with Crippen molar-refractivity contribution in [1.82, 2.24) is 5.32 Å². The maximum Gasteiger partial charge on any atom is 0.157 e. The molecule has 4 rings (SSSR count). The average molecular weight is 636 g/mol. The lowest BCUT2D eigenvalue weighted by atomic mass is 9.62. The van der Waals surface area contributed by atoms with E-state index in [1.165, 1.54) is 0 Å². The normalized spacial score (nSPS) is 17.8. The Kier molecular flexibility index (Phi) is 10.0. The quantitative estimate of drug-likeness (QED) is 0.310. The predicted molar refractivity (Wildman–Crippen MR) is 156 cm³/mol. The van der Waals surface area contributed by atoms with E-state index < -0.39 is 0 Å². The van der Waals surface area contributed by atoms with Crippen molar-refractivity contribution in [3.8, 4) is 0 Å². The lowest BCUT2D eigenvalue weighted by Gasteiger charge is -2.41. The first-order chi connectivity index (χ1) is 16.8. The van der Waals surface area contributed by atoms with Gasteiger partial charge in [-0.05, 0) is 81.8 Å². The van der Waals surface area contributed by atoms with Crippen LogP contribution in [-0.4, -0.2) is 29.0 Å². The highest BCUT2D eigenvalue weighted by Crippen LogP contribution is 2.47. The van der Waals surface area contributed by atoms with E-state index in [9.17, 15) is 9.59 Å². The number of hydrogen-bond donors (Lipinski definition) is 1. The van der Waals surface area contributed by atoms with E-state index in [0.717, 1.165) is 49.7 Å². The summed E-state index contributed by atoms with van der Waals surface area (Å²) in [6.07, 6.45) is 5.80. The van der Waals surface area contributed by atoms with Crippen LogP contribution in [0.4, 0.5) is 0 Å². The van der Waals surface area contributed by atoms with E-state index in [-0.39, 0.29) is 27.9 Å². The molecule has 196 valence electrons. The number of benzene rings is 2. The van der Waals surface area contributed by atoms with E-state index in [1.807, 2.05) is 24.3 Å². The van der Waals surface area contributed by atoms with Crippen LogP contribution in [0, 0.1) is 0 Å². The van der Waals surface area contributed by atoms with Crippen molar-refractivity contribution in [2.24, 2.45) is 0 Å². The third-order valence-corrected chi connectivity index (χ3v) is 9.31. The maximum atomic E-state index is 12.7. The van der Waals surface area contributed by atoms with Crippen molar-refractivity contribution in [2.75, 3.05) is 11.9 Å². The number of alkyl halides is 1. The highest BCUT2D eigenvalue weighted by atomic mass is 79.9. The molecule has 2 aliphatic rings.